The number of halogens is 16. The number of likely N-dealkylation sites (tertiary alicyclic amines) is 2. The fourth-order valence-corrected chi connectivity index (χ4v) is 18.0. The van der Waals surface area contributed by atoms with Crippen LogP contribution in [0.3, 0.4) is 0 Å². The molecule has 0 saturated carbocycles. The average Bonchev–Trinajstić information content (AvgIpc) is 1.58. The van der Waals surface area contributed by atoms with Gasteiger partial charge >= 0.3 is 36.6 Å². The molecule has 4 amide bonds. The summed E-state index contributed by atoms with van der Waals surface area (Å²) in [6, 6.07) is 27.3. The van der Waals surface area contributed by atoms with Gasteiger partial charge in [0, 0.05) is 87.5 Å². The lowest BCUT2D eigenvalue weighted by atomic mass is 9.72. The standard InChI is InChI=1S/C86H90Cl4F12N6O12/c1-103(73(109)51-117-71-45-55-11-3-5-13-65(55)79(71)21-29-105(30-22-79)33-25-81(59-15-17-67(87)69(89)49-59)53-107(35-39-119-81)77(113)57-41-61(83(91,92)93)47-62(42-57)84(94,95)96)27-7-9-37-115-75(111)19-20-76(112)116-38-10-8-28-104(2)74(110)52-118-72-46-56-12-4-6-14-66(56)80(72)23-31-106(32-24-80)34-26-82(60-16-18-68(88)70(90)50-60)54-108(36-40-120-82)78(114)58-43-63(85(97,98)99)48-64(44-58)86(100,101)102/h3-6,11-20,41-44,47-50,71-72H,7-10,21-40,45-46,51-54H2,1-2H3/b20-19-/t71?,72?,81-,82-/m1/s1. The number of piperidine rings is 2. The van der Waals surface area contributed by atoms with Gasteiger partial charge in [-0.25, -0.2) is 9.59 Å². The Hall–Kier alpha value is -8.04. The molecule has 4 atom stereocenters. The maximum absolute atomic E-state index is 14.0. The van der Waals surface area contributed by atoms with Gasteiger partial charge in [-0.1, -0.05) is 107 Å². The Morgan fingerprint density at radius 3 is 1.15 bits per heavy atom. The smallest absolute Gasteiger partial charge is 0.416 e. The van der Waals surface area contributed by atoms with Gasteiger partial charge < -0.3 is 57.8 Å². The van der Waals surface area contributed by atoms with Crippen molar-refractivity contribution in [2.24, 2.45) is 0 Å². The van der Waals surface area contributed by atoms with E-state index in [-0.39, 0.29) is 135 Å². The SMILES string of the molecule is CN(CCCCOC(=O)/C=C\C(=O)OCCCCN(C)C(=O)COC1Cc2ccccc2C12CCN(CC[C@]1(c3ccc(Cl)c(Cl)c3)CN(C(=O)c3cc(C(F)(F)F)cc(C(F)(F)F)c3)CCO1)CC2)C(=O)COC1Cc2ccccc2C12CCN(CC[C@]1(c3ccc(Cl)c(Cl)c3)CN(C(=O)c3cc(C(F)(F)F)cc(C(F)(F)F)c3)CCO1)CC2. The van der Waals surface area contributed by atoms with Crippen molar-refractivity contribution in [2.75, 3.05) is 132 Å². The minimum absolute atomic E-state index is 0.00711. The highest BCUT2D eigenvalue weighted by Gasteiger charge is 2.53. The number of nitrogens with zero attached hydrogens (tertiary/aromatic N) is 6. The van der Waals surface area contributed by atoms with E-state index in [1.165, 1.54) is 9.80 Å². The fourth-order valence-electron chi connectivity index (χ4n) is 17.4. The lowest BCUT2D eigenvalue weighted by Gasteiger charge is -2.46. The zero-order valence-corrected chi connectivity index (χ0v) is 68.7. The molecular formula is C86H90Cl4F12N6O12. The molecule has 6 aromatic rings. The maximum Gasteiger partial charge on any atom is 0.416 e. The number of carbonyl (C=O) groups is 6. The molecule has 6 aromatic carbocycles. The summed E-state index contributed by atoms with van der Waals surface area (Å²) in [7, 11) is 3.31. The van der Waals surface area contributed by atoms with E-state index in [0.717, 1.165) is 34.4 Å². The lowest BCUT2D eigenvalue weighted by Crippen LogP contribution is -2.54. The first-order valence-corrected chi connectivity index (χ1v) is 41.0. The van der Waals surface area contributed by atoms with Gasteiger partial charge in [0.2, 0.25) is 11.8 Å². The highest BCUT2D eigenvalue weighted by molar-refractivity contribution is 6.42. The van der Waals surface area contributed by atoms with Crippen molar-refractivity contribution in [3.63, 3.8) is 0 Å². The number of hydrogen-bond donors (Lipinski definition) is 0. The predicted molar refractivity (Wildman–Crippen MR) is 421 cm³/mol. The van der Waals surface area contributed by atoms with E-state index in [9.17, 15) is 81.5 Å². The monoisotopic (exact) mass is 1770 g/mol. The Morgan fingerprint density at radius 1 is 0.458 bits per heavy atom. The van der Waals surface area contributed by atoms with E-state index in [0.29, 0.717) is 152 Å². The fraction of sp³-hybridized carbons (Fsp3) is 0.488. The molecule has 648 valence electrons. The summed E-state index contributed by atoms with van der Waals surface area (Å²) in [5, 5.41) is 0.797. The number of hydrogen-bond acceptors (Lipinski definition) is 14. The molecular weight excluding hydrogens is 1680 g/mol. The van der Waals surface area contributed by atoms with E-state index >= 15 is 0 Å². The minimum atomic E-state index is -5.16. The molecule has 4 fully saturated rings. The normalized spacial score (nSPS) is 20.8. The van der Waals surface area contributed by atoms with Crippen LogP contribution < -0.4 is 0 Å². The first kappa shape index (κ1) is 91.2. The van der Waals surface area contributed by atoms with Gasteiger partial charge in [-0.3, -0.25) is 19.2 Å². The van der Waals surface area contributed by atoms with Crippen LogP contribution >= 0.6 is 46.4 Å². The van der Waals surface area contributed by atoms with Crippen LogP contribution in [0.1, 0.15) is 141 Å². The summed E-state index contributed by atoms with van der Waals surface area (Å²) in [5.74, 6) is -4.12. The summed E-state index contributed by atoms with van der Waals surface area (Å²) in [4.78, 5) is 90.3. The van der Waals surface area contributed by atoms with Crippen LogP contribution in [-0.4, -0.2) is 209 Å². The van der Waals surface area contributed by atoms with Gasteiger partial charge in [-0.2, -0.15) is 52.7 Å². The average molecular weight is 1770 g/mol. The summed E-state index contributed by atoms with van der Waals surface area (Å²) in [6.45, 7) is 2.48. The van der Waals surface area contributed by atoms with Gasteiger partial charge in [-0.15, -0.1) is 0 Å². The van der Waals surface area contributed by atoms with E-state index < -0.39 is 104 Å². The third-order valence-electron chi connectivity index (χ3n) is 24.1. The van der Waals surface area contributed by atoms with Crippen molar-refractivity contribution in [3.8, 4) is 0 Å². The molecule has 2 spiro atoms. The number of esters is 2. The molecule has 4 saturated heterocycles. The van der Waals surface area contributed by atoms with Crippen LogP contribution in [0.15, 0.2) is 133 Å². The number of benzene rings is 6. The minimum Gasteiger partial charge on any atom is -0.463 e. The number of morpholine rings is 2. The Kier molecular flexibility index (Phi) is 28.9. The Balaban J connectivity index is 0.546. The van der Waals surface area contributed by atoms with Crippen molar-refractivity contribution in [3.05, 3.63) is 220 Å². The van der Waals surface area contributed by atoms with Gasteiger partial charge in [-0.05, 0) is 197 Å². The highest BCUT2D eigenvalue weighted by Crippen LogP contribution is 2.51. The predicted octanol–water partition coefficient (Wildman–Crippen LogP) is 16.7. The molecule has 0 bridgehead atoms. The molecule has 18 nitrogen and oxygen atoms in total. The molecule has 120 heavy (non-hydrogen) atoms. The zero-order chi connectivity index (χ0) is 86.3. The van der Waals surface area contributed by atoms with Gasteiger partial charge in [0.15, 0.2) is 0 Å². The topological polar surface area (TPSA) is 177 Å². The van der Waals surface area contributed by atoms with Crippen LogP contribution in [0, 0.1) is 0 Å². The van der Waals surface area contributed by atoms with Crippen molar-refractivity contribution in [1.82, 2.24) is 29.4 Å². The second-order valence-corrected chi connectivity index (χ2v) is 33.1. The first-order chi connectivity index (χ1) is 56.8. The summed E-state index contributed by atoms with van der Waals surface area (Å²) >= 11 is 25.7. The van der Waals surface area contributed by atoms with Gasteiger partial charge in [0.25, 0.3) is 11.8 Å². The van der Waals surface area contributed by atoms with Crippen LogP contribution in [0.2, 0.25) is 20.1 Å². The molecule has 4 aliphatic heterocycles. The number of rotatable bonds is 28. The number of unbranched alkanes of at least 4 members (excludes halogenated alkanes) is 2. The number of ether oxygens (including phenoxy) is 6. The molecule has 4 heterocycles. The van der Waals surface area contributed by atoms with Crippen LogP contribution in [-0.2, 0) is 107 Å². The third kappa shape index (κ3) is 21.4. The van der Waals surface area contributed by atoms with E-state index in [2.05, 4.69) is 21.9 Å². The van der Waals surface area contributed by atoms with Crippen LogP contribution in [0.25, 0.3) is 0 Å². The van der Waals surface area contributed by atoms with Gasteiger partial charge in [0.1, 0.15) is 24.4 Å². The molecule has 34 heteroatoms. The number of fused-ring (bicyclic) bond motifs is 4. The molecule has 6 aliphatic rings. The third-order valence-corrected chi connectivity index (χ3v) is 25.6. The summed E-state index contributed by atoms with van der Waals surface area (Å²) < 4.78 is 204. The first-order valence-electron chi connectivity index (χ1n) is 39.5. The molecule has 0 radical (unpaired) electrons. The molecule has 0 N–H and O–H groups in total. The molecule has 12 rings (SSSR count). The Bertz CT molecular complexity index is 4400. The van der Waals surface area contributed by atoms with Crippen molar-refractivity contribution < 1.29 is 110 Å². The maximum atomic E-state index is 14.0. The highest BCUT2D eigenvalue weighted by atomic mass is 35.5. The number of likely N-dealkylation sites (N-methyl/N-ethyl adjacent to an activating group) is 2. The lowest BCUT2D eigenvalue weighted by molar-refractivity contribution is -0.144. The van der Waals surface area contributed by atoms with Crippen molar-refractivity contribution in [2.45, 2.75) is 136 Å². The quantitative estimate of drug-likeness (QED) is 0.0196. The van der Waals surface area contributed by atoms with E-state index in [1.54, 1.807) is 60.3 Å². The van der Waals surface area contributed by atoms with Crippen molar-refractivity contribution >= 4 is 82.0 Å². The van der Waals surface area contributed by atoms with Gasteiger partial charge in [0.05, 0.1) is 94.1 Å². The van der Waals surface area contributed by atoms with Crippen LogP contribution in [0.5, 0.6) is 0 Å². The van der Waals surface area contributed by atoms with Crippen molar-refractivity contribution in [1.29, 1.82) is 0 Å². The summed E-state index contributed by atoms with van der Waals surface area (Å²) in [5.41, 5.74) is -6.03. The Morgan fingerprint density at radius 2 is 0.808 bits per heavy atom. The van der Waals surface area contributed by atoms with Crippen LogP contribution in [0.4, 0.5) is 52.7 Å². The second-order valence-electron chi connectivity index (χ2n) is 31.5. The number of alkyl halides is 12. The van der Waals surface area contributed by atoms with E-state index in [1.807, 2.05) is 36.4 Å². The molecule has 2 unspecified atom stereocenters. The largest absolute Gasteiger partial charge is 0.463 e. The zero-order valence-electron chi connectivity index (χ0n) is 65.7. The molecule has 2 aliphatic carbocycles. The number of carbonyl (C=O) groups excluding carboxylic acids is 6. The Labute approximate surface area is 706 Å². The second kappa shape index (κ2) is 38.0. The molecule has 0 aromatic heterocycles. The summed E-state index contributed by atoms with van der Waals surface area (Å²) in [6.07, 6.45) is -13.5. The van der Waals surface area contributed by atoms with E-state index in [4.69, 9.17) is 74.8 Å². The number of amides is 4.